The number of carboxylic acids is 1. The normalized spacial score (nSPS) is 14.1. The van der Waals surface area contributed by atoms with Crippen molar-refractivity contribution in [3.8, 4) is 0 Å². The monoisotopic (exact) mass is 787 g/mol. The number of benzene rings is 1. The Morgan fingerprint density at radius 3 is 1.82 bits per heavy atom. The fourth-order valence-corrected chi connectivity index (χ4v) is 4.76. The molecule has 1 aromatic rings. The molecule has 308 valence electrons. The summed E-state index contributed by atoms with van der Waals surface area (Å²) in [5.74, 6) is -9.11. The van der Waals surface area contributed by atoms with Crippen molar-refractivity contribution in [2.45, 2.75) is 84.6 Å². The van der Waals surface area contributed by atoms with Gasteiger partial charge in [0.15, 0.2) is 0 Å². The van der Waals surface area contributed by atoms with E-state index in [1.807, 2.05) is 0 Å². The van der Waals surface area contributed by atoms with Crippen LogP contribution in [-0.4, -0.2) is 114 Å². The molecular formula is C36H53N9O11. The highest BCUT2D eigenvalue weighted by atomic mass is 16.4. The van der Waals surface area contributed by atoms with E-state index in [4.69, 9.17) is 5.73 Å². The Balaban J connectivity index is 2.79. The first-order valence-electron chi connectivity index (χ1n) is 17.8. The number of nitrogens with two attached hydrogens (primary N) is 1. The Labute approximate surface area is 324 Å². The maximum atomic E-state index is 13.3. The first-order valence-corrected chi connectivity index (χ1v) is 17.8. The van der Waals surface area contributed by atoms with E-state index in [1.165, 1.54) is 13.8 Å². The summed E-state index contributed by atoms with van der Waals surface area (Å²) in [6, 6.07) is 2.59. The Morgan fingerprint density at radius 2 is 1.27 bits per heavy atom. The molecule has 6 atom stereocenters. The minimum Gasteiger partial charge on any atom is -0.480 e. The van der Waals surface area contributed by atoms with Gasteiger partial charge in [-0.15, -0.1) is 0 Å². The molecule has 56 heavy (non-hydrogen) atoms. The van der Waals surface area contributed by atoms with Crippen LogP contribution in [0.1, 0.15) is 53.5 Å². The fourth-order valence-electron chi connectivity index (χ4n) is 4.76. The number of rotatable bonds is 23. The number of aliphatic carboxylic acids is 1. The highest BCUT2D eigenvalue weighted by Crippen LogP contribution is 2.10. The third kappa shape index (κ3) is 18.1. The van der Waals surface area contributed by atoms with Crippen LogP contribution in [-0.2, 0) is 54.4 Å². The molecule has 20 nitrogen and oxygen atoms in total. The molecule has 1 aromatic carbocycles. The van der Waals surface area contributed by atoms with Crippen molar-refractivity contribution in [1.29, 1.82) is 0 Å². The van der Waals surface area contributed by atoms with Gasteiger partial charge in [-0.25, -0.2) is 4.79 Å². The van der Waals surface area contributed by atoms with Gasteiger partial charge in [-0.1, -0.05) is 64.4 Å². The van der Waals surface area contributed by atoms with Gasteiger partial charge in [0.25, 0.3) is 0 Å². The molecule has 9 amide bonds. The van der Waals surface area contributed by atoms with Crippen molar-refractivity contribution in [2.75, 3.05) is 19.6 Å². The van der Waals surface area contributed by atoms with Crippen molar-refractivity contribution in [3.63, 3.8) is 0 Å². The van der Waals surface area contributed by atoms with E-state index in [9.17, 15) is 53.1 Å². The molecule has 1 rings (SSSR count). The molecule has 11 N–H and O–H groups in total. The third-order valence-electron chi connectivity index (χ3n) is 8.18. The van der Waals surface area contributed by atoms with Gasteiger partial charge in [-0.05, 0) is 24.3 Å². The first-order chi connectivity index (χ1) is 26.2. The molecule has 0 saturated carbocycles. The molecule has 0 radical (unpaired) electrons. The zero-order chi connectivity index (χ0) is 42.5. The van der Waals surface area contributed by atoms with E-state index in [0.717, 1.165) is 12.2 Å². The van der Waals surface area contributed by atoms with Crippen LogP contribution in [0.25, 0.3) is 0 Å². The molecule has 0 bridgehead atoms. The smallest absolute Gasteiger partial charge is 0.326 e. The van der Waals surface area contributed by atoms with Crippen molar-refractivity contribution in [1.82, 2.24) is 42.5 Å². The molecule has 0 spiro atoms. The van der Waals surface area contributed by atoms with E-state index >= 15 is 0 Å². The lowest BCUT2D eigenvalue weighted by atomic mass is 9.97. The van der Waals surface area contributed by atoms with E-state index in [1.54, 1.807) is 58.0 Å². The second kappa shape index (κ2) is 24.1. The predicted molar refractivity (Wildman–Crippen MR) is 200 cm³/mol. The van der Waals surface area contributed by atoms with Gasteiger partial charge in [0.05, 0.1) is 13.1 Å². The van der Waals surface area contributed by atoms with Crippen LogP contribution in [0.5, 0.6) is 0 Å². The van der Waals surface area contributed by atoms with Crippen LogP contribution < -0.4 is 48.3 Å². The van der Waals surface area contributed by atoms with Crippen molar-refractivity contribution >= 4 is 59.1 Å². The summed E-state index contributed by atoms with van der Waals surface area (Å²) in [5.41, 5.74) is 6.03. The molecule has 0 heterocycles. The maximum absolute atomic E-state index is 13.3. The first kappa shape index (κ1) is 47.7. The van der Waals surface area contributed by atoms with Gasteiger partial charge in [-0.3, -0.25) is 43.2 Å². The molecule has 6 unspecified atom stereocenters. The Kier molecular flexibility index (Phi) is 20.6. The lowest BCUT2D eigenvalue weighted by Gasteiger charge is -2.28. The van der Waals surface area contributed by atoms with Gasteiger partial charge >= 0.3 is 5.97 Å². The van der Waals surface area contributed by atoms with Crippen molar-refractivity contribution in [2.24, 2.45) is 17.6 Å². The van der Waals surface area contributed by atoms with E-state index in [-0.39, 0.29) is 12.3 Å². The number of hydrogen-bond donors (Lipinski definition) is 10. The predicted octanol–water partition coefficient (Wildman–Crippen LogP) is -3.13. The number of nitrogens with one attached hydrogen (secondary N) is 8. The quantitative estimate of drug-likeness (QED) is 0.0495. The summed E-state index contributed by atoms with van der Waals surface area (Å²) in [4.78, 5) is 124. The third-order valence-corrected chi connectivity index (χ3v) is 8.18. The number of amides is 9. The number of hydrogen-bond acceptors (Lipinski definition) is 10. The second-order valence-electron chi connectivity index (χ2n) is 13.2. The van der Waals surface area contributed by atoms with Crippen molar-refractivity contribution < 1.29 is 53.1 Å². The van der Waals surface area contributed by atoms with E-state index in [0.29, 0.717) is 12.0 Å². The van der Waals surface area contributed by atoms with E-state index in [2.05, 4.69) is 42.5 Å². The Morgan fingerprint density at radius 1 is 0.679 bits per heavy atom. The van der Waals surface area contributed by atoms with Crippen LogP contribution in [0.3, 0.4) is 0 Å². The number of carbonyl (C=O) groups is 10. The minimum absolute atomic E-state index is 0.0156. The van der Waals surface area contributed by atoms with Gasteiger partial charge < -0.3 is 53.4 Å². The van der Waals surface area contributed by atoms with Gasteiger partial charge in [0, 0.05) is 32.0 Å². The average molecular weight is 788 g/mol. The molecule has 0 aliphatic carbocycles. The minimum atomic E-state index is -1.44. The van der Waals surface area contributed by atoms with Gasteiger partial charge in [0.2, 0.25) is 53.2 Å². The summed E-state index contributed by atoms with van der Waals surface area (Å²) in [5, 5.41) is 28.4. The largest absolute Gasteiger partial charge is 0.480 e. The van der Waals surface area contributed by atoms with Crippen LogP contribution in [0, 0.1) is 11.8 Å². The zero-order valence-corrected chi connectivity index (χ0v) is 32.2. The molecule has 0 aliphatic rings. The Bertz CT molecular complexity index is 1620. The molecule has 0 aliphatic heterocycles. The average Bonchev–Trinajstić information content (AvgIpc) is 3.14. The topological polar surface area (TPSA) is 313 Å². The molecule has 20 heteroatoms. The summed E-state index contributed by atoms with van der Waals surface area (Å²) < 4.78 is 0. The molecule has 0 aromatic heterocycles. The fraction of sp³-hybridized carbons (Fsp3) is 0.500. The zero-order valence-electron chi connectivity index (χ0n) is 32.2. The van der Waals surface area contributed by atoms with Gasteiger partial charge in [-0.2, -0.15) is 0 Å². The van der Waals surface area contributed by atoms with Crippen LogP contribution >= 0.6 is 0 Å². The summed E-state index contributed by atoms with van der Waals surface area (Å²) in [7, 11) is 0. The Hall–Kier alpha value is -6.34. The van der Waals surface area contributed by atoms with Crippen molar-refractivity contribution in [3.05, 3.63) is 48.0 Å². The molecule has 0 saturated heterocycles. The van der Waals surface area contributed by atoms with Crippen LogP contribution in [0.4, 0.5) is 0 Å². The number of carbonyl (C=O) groups excluding carboxylic acids is 9. The lowest BCUT2D eigenvalue weighted by molar-refractivity contribution is -0.141. The highest BCUT2D eigenvalue weighted by molar-refractivity contribution is 6.00. The number of carboxylic acid groups (broad SMARTS) is 1. The maximum Gasteiger partial charge on any atom is 0.326 e. The van der Waals surface area contributed by atoms with Gasteiger partial charge in [0.1, 0.15) is 30.2 Å². The summed E-state index contributed by atoms with van der Waals surface area (Å²) in [6.45, 7) is 7.73. The summed E-state index contributed by atoms with van der Waals surface area (Å²) >= 11 is 0. The van der Waals surface area contributed by atoms with Crippen LogP contribution in [0.2, 0.25) is 0 Å². The second-order valence-corrected chi connectivity index (χ2v) is 13.2. The SMILES string of the molecule is CCC(C)C(NC(=O)C(CNC(C)=O)NC(=O)C=CC(=O)NCC(=O)NCC(=O)NC(Cc1ccccc1)C(=O)O)C(=O)NC(C)C(=O)NC(C(N)=O)C(C)C. The van der Waals surface area contributed by atoms with Crippen LogP contribution in [0.15, 0.2) is 42.5 Å². The lowest BCUT2D eigenvalue weighted by Crippen LogP contribution is -2.60. The summed E-state index contributed by atoms with van der Waals surface area (Å²) in [6.07, 6.45) is 1.93. The van der Waals surface area contributed by atoms with E-state index < -0.39 is 115 Å². The molecule has 0 fully saturated rings. The number of primary amides is 1. The molecular weight excluding hydrogens is 734 g/mol. The highest BCUT2D eigenvalue weighted by Gasteiger charge is 2.32. The standard InChI is InChI=1S/C36H53N9O11/c1-7-20(4)31(35(54)41-21(5)33(52)44-30(19(2)3)32(37)51)45-34(53)25(16-38-22(6)46)43-27(48)14-13-26(47)39-17-28(49)40-18-29(50)42-24(36(55)56)15-23-11-9-8-10-12-23/h8-14,19-21,24-25,30-31H,7,15-18H2,1-6H3,(H2,37,51)(H,38,46)(H,39,47)(H,40,49)(H,41,54)(H,42,50)(H,43,48)(H,44,52)(H,45,53)(H,55,56).